The van der Waals surface area contributed by atoms with E-state index in [4.69, 9.17) is 4.98 Å². The summed E-state index contributed by atoms with van der Waals surface area (Å²) in [5.74, 6) is 0. The monoisotopic (exact) mass is 249 g/mol. The van der Waals surface area contributed by atoms with Crippen molar-refractivity contribution in [2.45, 2.75) is 32.6 Å². The third-order valence-corrected chi connectivity index (χ3v) is 3.65. The summed E-state index contributed by atoms with van der Waals surface area (Å²) in [5, 5.41) is 3.79. The largest absolute Gasteiger partial charge is 0.253 e. The van der Waals surface area contributed by atoms with Gasteiger partial charge >= 0.3 is 0 Å². The Kier molecular flexibility index (Phi) is 3.45. The quantitative estimate of drug-likeness (QED) is 0.462. The van der Waals surface area contributed by atoms with Gasteiger partial charge in [-0.25, -0.2) is 0 Å². The molecule has 2 aromatic carbocycles. The van der Waals surface area contributed by atoms with E-state index < -0.39 is 0 Å². The number of hydrogen-bond acceptors (Lipinski definition) is 1. The second kappa shape index (κ2) is 5.40. The van der Waals surface area contributed by atoms with Gasteiger partial charge < -0.3 is 0 Å². The van der Waals surface area contributed by atoms with E-state index in [0.717, 1.165) is 11.9 Å². The molecule has 0 amide bonds. The smallest absolute Gasteiger partial charge is 0.0711 e. The molecule has 0 aliphatic rings. The van der Waals surface area contributed by atoms with E-state index in [-0.39, 0.29) is 0 Å². The van der Waals surface area contributed by atoms with Crippen molar-refractivity contribution in [1.82, 2.24) is 4.98 Å². The molecule has 1 heterocycles. The van der Waals surface area contributed by atoms with Crippen molar-refractivity contribution in [2.24, 2.45) is 0 Å². The van der Waals surface area contributed by atoms with Gasteiger partial charge in [0.25, 0.3) is 0 Å². The van der Waals surface area contributed by atoms with Crippen LogP contribution in [0.4, 0.5) is 0 Å². The van der Waals surface area contributed by atoms with Gasteiger partial charge in [-0.15, -0.1) is 0 Å². The van der Waals surface area contributed by atoms with Crippen LogP contribution in [0.2, 0.25) is 0 Å². The Balaban J connectivity index is 1.99. The molecule has 0 aliphatic heterocycles. The molecule has 0 fully saturated rings. The van der Waals surface area contributed by atoms with E-state index in [1.807, 2.05) is 0 Å². The van der Waals surface area contributed by atoms with Gasteiger partial charge in [0.05, 0.1) is 5.52 Å². The highest BCUT2D eigenvalue weighted by molar-refractivity contribution is 5.96. The van der Waals surface area contributed by atoms with Crippen LogP contribution in [0, 0.1) is 0 Å². The fourth-order valence-electron chi connectivity index (χ4n) is 2.55. The minimum absolute atomic E-state index is 1.09. The maximum Gasteiger partial charge on any atom is 0.0711 e. The van der Waals surface area contributed by atoms with Gasteiger partial charge in [0.1, 0.15) is 0 Å². The third-order valence-electron chi connectivity index (χ3n) is 3.65. The van der Waals surface area contributed by atoms with Gasteiger partial charge in [-0.05, 0) is 41.8 Å². The lowest BCUT2D eigenvalue weighted by molar-refractivity contribution is 0.709. The average molecular weight is 249 g/mol. The SMILES string of the molecule is CCCCCc1ccc2cc3ccccc3cc2n1. The summed E-state index contributed by atoms with van der Waals surface area (Å²) >= 11 is 0. The van der Waals surface area contributed by atoms with E-state index in [1.165, 1.54) is 41.1 Å². The molecule has 0 unspecified atom stereocenters. The number of hydrogen-bond donors (Lipinski definition) is 0. The second-order valence-electron chi connectivity index (χ2n) is 5.15. The highest BCUT2D eigenvalue weighted by atomic mass is 14.7. The zero-order valence-electron chi connectivity index (χ0n) is 11.4. The first-order valence-corrected chi connectivity index (χ1v) is 7.15. The lowest BCUT2D eigenvalue weighted by Crippen LogP contribution is -1.91. The van der Waals surface area contributed by atoms with Gasteiger partial charge in [-0.3, -0.25) is 4.98 Å². The highest BCUT2D eigenvalue weighted by Gasteiger charge is 2.01. The number of aryl methyl sites for hydroxylation is 1. The normalized spacial score (nSPS) is 11.2. The van der Waals surface area contributed by atoms with Crippen LogP contribution >= 0.6 is 0 Å². The summed E-state index contributed by atoms with van der Waals surface area (Å²) in [5.41, 5.74) is 2.34. The van der Waals surface area contributed by atoms with E-state index in [9.17, 15) is 0 Å². The molecule has 0 aliphatic carbocycles. The number of nitrogens with zero attached hydrogens (tertiary/aromatic N) is 1. The summed E-state index contributed by atoms with van der Waals surface area (Å²) in [4.78, 5) is 4.80. The molecule has 96 valence electrons. The maximum absolute atomic E-state index is 4.80. The van der Waals surface area contributed by atoms with Gasteiger partial charge in [0.15, 0.2) is 0 Å². The second-order valence-corrected chi connectivity index (χ2v) is 5.15. The Morgan fingerprint density at radius 1 is 0.842 bits per heavy atom. The van der Waals surface area contributed by atoms with Gasteiger partial charge in [0.2, 0.25) is 0 Å². The summed E-state index contributed by atoms with van der Waals surface area (Å²) < 4.78 is 0. The van der Waals surface area contributed by atoms with Gasteiger partial charge in [0, 0.05) is 11.1 Å². The van der Waals surface area contributed by atoms with Crippen LogP contribution in [0.1, 0.15) is 31.9 Å². The molecule has 3 aromatic rings. The van der Waals surface area contributed by atoms with Crippen LogP contribution in [-0.2, 0) is 6.42 Å². The summed E-state index contributed by atoms with van der Waals surface area (Å²) in [7, 11) is 0. The van der Waals surface area contributed by atoms with Crippen LogP contribution in [0.3, 0.4) is 0 Å². The Labute approximate surface area is 114 Å². The molecule has 19 heavy (non-hydrogen) atoms. The predicted octanol–water partition coefficient (Wildman–Crippen LogP) is 5.12. The molecule has 1 heteroatoms. The Morgan fingerprint density at radius 2 is 1.63 bits per heavy atom. The first kappa shape index (κ1) is 12.2. The molecular formula is C18H19N. The third kappa shape index (κ3) is 2.60. The number of rotatable bonds is 4. The molecule has 0 bridgehead atoms. The van der Waals surface area contributed by atoms with Crippen LogP contribution in [0.5, 0.6) is 0 Å². The molecule has 1 aromatic heterocycles. The fraction of sp³-hybridized carbons (Fsp3) is 0.278. The van der Waals surface area contributed by atoms with Crippen molar-refractivity contribution >= 4 is 21.7 Å². The summed E-state index contributed by atoms with van der Waals surface area (Å²) in [6.07, 6.45) is 4.88. The molecular weight excluding hydrogens is 230 g/mol. The van der Waals surface area contributed by atoms with Crippen LogP contribution in [0.25, 0.3) is 21.7 Å². The molecule has 1 nitrogen and oxygen atoms in total. The van der Waals surface area contributed by atoms with Crippen molar-refractivity contribution in [3.8, 4) is 0 Å². The fourth-order valence-corrected chi connectivity index (χ4v) is 2.55. The highest BCUT2D eigenvalue weighted by Crippen LogP contribution is 2.22. The number of aromatic nitrogens is 1. The number of benzene rings is 2. The minimum Gasteiger partial charge on any atom is -0.253 e. The average Bonchev–Trinajstić information content (AvgIpc) is 2.45. The summed E-state index contributed by atoms with van der Waals surface area (Å²) in [6.45, 7) is 2.24. The van der Waals surface area contributed by atoms with Crippen molar-refractivity contribution < 1.29 is 0 Å². The first-order chi connectivity index (χ1) is 9.36. The van der Waals surface area contributed by atoms with Gasteiger partial charge in [-0.1, -0.05) is 50.1 Å². The standard InChI is InChI=1S/C18H19N/c1-2-3-4-9-17-11-10-16-12-14-7-5-6-8-15(14)13-18(16)19-17/h5-8,10-13H,2-4,9H2,1H3. The lowest BCUT2D eigenvalue weighted by Gasteiger charge is -2.05. The Morgan fingerprint density at radius 3 is 2.42 bits per heavy atom. The molecule has 0 spiro atoms. The van der Waals surface area contributed by atoms with E-state index in [2.05, 4.69) is 55.5 Å². The Bertz CT molecular complexity index is 700. The predicted molar refractivity (Wildman–Crippen MR) is 82.5 cm³/mol. The molecule has 0 atom stereocenters. The summed E-state index contributed by atoms with van der Waals surface area (Å²) in [6, 6.07) is 17.3. The van der Waals surface area contributed by atoms with Crippen LogP contribution < -0.4 is 0 Å². The number of pyridine rings is 1. The van der Waals surface area contributed by atoms with Crippen molar-refractivity contribution in [3.05, 3.63) is 54.2 Å². The van der Waals surface area contributed by atoms with Crippen LogP contribution in [0.15, 0.2) is 48.5 Å². The molecule has 0 saturated carbocycles. The first-order valence-electron chi connectivity index (χ1n) is 7.15. The van der Waals surface area contributed by atoms with E-state index in [1.54, 1.807) is 0 Å². The van der Waals surface area contributed by atoms with Gasteiger partial charge in [-0.2, -0.15) is 0 Å². The number of unbranched alkanes of at least 4 members (excludes halogenated alkanes) is 2. The zero-order chi connectivity index (χ0) is 13.1. The van der Waals surface area contributed by atoms with Crippen molar-refractivity contribution in [3.63, 3.8) is 0 Å². The topological polar surface area (TPSA) is 12.9 Å². The number of fused-ring (bicyclic) bond motifs is 2. The van der Waals surface area contributed by atoms with E-state index in [0.29, 0.717) is 0 Å². The zero-order valence-corrected chi connectivity index (χ0v) is 11.4. The molecule has 0 saturated heterocycles. The van der Waals surface area contributed by atoms with E-state index >= 15 is 0 Å². The molecule has 0 radical (unpaired) electrons. The van der Waals surface area contributed by atoms with Crippen LogP contribution in [-0.4, -0.2) is 4.98 Å². The van der Waals surface area contributed by atoms with Crippen molar-refractivity contribution in [1.29, 1.82) is 0 Å². The molecule has 3 rings (SSSR count). The van der Waals surface area contributed by atoms with Crippen molar-refractivity contribution in [2.75, 3.05) is 0 Å². The maximum atomic E-state index is 4.80. The lowest BCUT2D eigenvalue weighted by atomic mass is 10.1. The molecule has 0 N–H and O–H groups in total. The Hall–Kier alpha value is -1.89. The minimum atomic E-state index is 1.09.